The zero-order chi connectivity index (χ0) is 22.9. The van der Waals surface area contributed by atoms with Crippen LogP contribution in [0.5, 0.6) is 0 Å². The molecular formula is C18H22BrN2O9P. The van der Waals surface area contributed by atoms with Gasteiger partial charge in [0.2, 0.25) is 0 Å². The van der Waals surface area contributed by atoms with Crippen molar-refractivity contribution in [1.29, 1.82) is 0 Å². The Kier molecular flexibility index (Phi) is 7.32. The lowest BCUT2D eigenvalue weighted by atomic mass is 10.1. The SMILES string of the molecule is CCOC(=O)C(OCC1CC(n2cnc3cccc(Br)c3c2=O)C(O)C1O)P(=O)(O)O. The first-order chi connectivity index (χ1) is 14.6. The molecule has 5 unspecified atom stereocenters. The summed E-state index contributed by atoms with van der Waals surface area (Å²) in [5, 5.41) is 21.3. The van der Waals surface area contributed by atoms with E-state index in [9.17, 15) is 34.2 Å². The van der Waals surface area contributed by atoms with Crippen molar-refractivity contribution in [2.45, 2.75) is 37.4 Å². The molecule has 11 nitrogen and oxygen atoms in total. The zero-order valence-electron chi connectivity index (χ0n) is 16.4. The Morgan fingerprint density at radius 1 is 1.35 bits per heavy atom. The van der Waals surface area contributed by atoms with Crippen LogP contribution in [0.1, 0.15) is 19.4 Å². The summed E-state index contributed by atoms with van der Waals surface area (Å²) < 4.78 is 23.1. The van der Waals surface area contributed by atoms with Crippen molar-refractivity contribution < 1.29 is 38.8 Å². The fraction of sp³-hybridized carbons (Fsp3) is 0.500. The minimum absolute atomic E-state index is 0.0522. The number of benzene rings is 1. The van der Waals surface area contributed by atoms with Crippen LogP contribution >= 0.6 is 23.5 Å². The molecule has 0 spiro atoms. The third kappa shape index (κ3) is 4.90. The topological polar surface area (TPSA) is 168 Å². The van der Waals surface area contributed by atoms with Gasteiger partial charge in [-0.2, -0.15) is 0 Å². The number of hydrogen-bond acceptors (Lipinski definition) is 8. The molecule has 1 fully saturated rings. The van der Waals surface area contributed by atoms with Gasteiger partial charge in [0, 0.05) is 10.4 Å². The van der Waals surface area contributed by atoms with Crippen molar-refractivity contribution in [3.63, 3.8) is 0 Å². The zero-order valence-corrected chi connectivity index (χ0v) is 18.8. The van der Waals surface area contributed by atoms with Crippen LogP contribution in [0.2, 0.25) is 0 Å². The lowest BCUT2D eigenvalue weighted by Crippen LogP contribution is -2.35. The van der Waals surface area contributed by atoms with Gasteiger partial charge in [0.05, 0.1) is 42.6 Å². The largest absolute Gasteiger partial charge is 0.464 e. The molecule has 1 aliphatic rings. The number of fused-ring (bicyclic) bond motifs is 1. The Balaban J connectivity index is 1.82. The molecule has 1 saturated carbocycles. The number of aliphatic hydroxyl groups excluding tert-OH is 2. The second kappa shape index (κ2) is 9.45. The van der Waals surface area contributed by atoms with Gasteiger partial charge in [-0.3, -0.25) is 13.9 Å². The van der Waals surface area contributed by atoms with Gasteiger partial charge in [-0.1, -0.05) is 6.07 Å². The fourth-order valence-corrected chi connectivity index (χ4v) is 4.80. The van der Waals surface area contributed by atoms with Gasteiger partial charge in [0.25, 0.3) is 11.4 Å². The average Bonchev–Trinajstić information content (AvgIpc) is 2.96. The summed E-state index contributed by atoms with van der Waals surface area (Å²) in [4.78, 5) is 47.8. The fourth-order valence-electron chi connectivity index (χ4n) is 3.65. The van der Waals surface area contributed by atoms with Crippen LogP contribution in [0.4, 0.5) is 0 Å². The second-order valence-electron chi connectivity index (χ2n) is 7.16. The molecule has 1 heterocycles. The van der Waals surface area contributed by atoms with Crippen LogP contribution in [0.15, 0.2) is 33.8 Å². The standard InChI is InChI=1S/C18H22BrN2O9P/c1-2-29-17(25)18(31(26,27)28)30-7-9-6-12(15(23)14(9)22)21-8-20-11-5-3-4-10(19)13(11)16(21)24/h3-5,8-9,12,14-15,18,22-23H,2,6-7H2,1H3,(H2,26,27,28). The number of hydrogen-bond donors (Lipinski definition) is 4. The Hall–Kier alpha value is -1.66. The van der Waals surface area contributed by atoms with E-state index >= 15 is 0 Å². The average molecular weight is 521 g/mol. The minimum atomic E-state index is -4.98. The van der Waals surface area contributed by atoms with Gasteiger partial charge in [-0.15, -0.1) is 0 Å². The first-order valence-corrected chi connectivity index (χ1v) is 11.9. The highest BCUT2D eigenvalue weighted by atomic mass is 79.9. The maximum absolute atomic E-state index is 13.0. The number of nitrogens with zero attached hydrogens (tertiary/aromatic N) is 2. The van der Waals surface area contributed by atoms with E-state index in [1.54, 1.807) is 18.2 Å². The number of halogens is 1. The predicted octanol–water partition coefficient (Wildman–Crippen LogP) is 0.525. The Morgan fingerprint density at radius 2 is 2.06 bits per heavy atom. The highest BCUT2D eigenvalue weighted by molar-refractivity contribution is 9.10. The van der Waals surface area contributed by atoms with Crippen molar-refractivity contribution in [2.75, 3.05) is 13.2 Å². The highest BCUT2D eigenvalue weighted by Gasteiger charge is 2.45. The first-order valence-electron chi connectivity index (χ1n) is 9.41. The number of carbonyl (C=O) groups excluding carboxylic acids is 1. The van der Waals surface area contributed by atoms with E-state index in [0.717, 1.165) is 0 Å². The Labute approximate surface area is 184 Å². The molecule has 3 rings (SSSR count). The van der Waals surface area contributed by atoms with E-state index in [2.05, 4.69) is 25.7 Å². The molecule has 0 saturated heterocycles. The molecule has 0 radical (unpaired) electrons. The molecule has 4 N–H and O–H groups in total. The predicted molar refractivity (Wildman–Crippen MR) is 111 cm³/mol. The van der Waals surface area contributed by atoms with Crippen LogP contribution < -0.4 is 5.56 Å². The number of rotatable bonds is 7. The van der Waals surface area contributed by atoms with Crippen molar-refractivity contribution >= 4 is 40.4 Å². The minimum Gasteiger partial charge on any atom is -0.464 e. The number of aliphatic hydroxyl groups is 2. The van der Waals surface area contributed by atoms with Crippen molar-refractivity contribution in [3.8, 4) is 0 Å². The highest BCUT2D eigenvalue weighted by Crippen LogP contribution is 2.44. The van der Waals surface area contributed by atoms with Crippen LogP contribution in [-0.2, 0) is 18.8 Å². The van der Waals surface area contributed by atoms with Crippen LogP contribution in [0.3, 0.4) is 0 Å². The van der Waals surface area contributed by atoms with Crippen LogP contribution in [-0.4, -0.2) is 66.8 Å². The number of carbonyl (C=O) groups is 1. The molecule has 13 heteroatoms. The summed E-state index contributed by atoms with van der Waals surface area (Å²) >= 11 is 3.31. The smallest absolute Gasteiger partial charge is 0.365 e. The van der Waals surface area contributed by atoms with E-state index in [4.69, 9.17) is 4.74 Å². The quantitative estimate of drug-likeness (QED) is 0.298. The van der Waals surface area contributed by atoms with Gasteiger partial charge in [0.15, 0.2) is 0 Å². The molecule has 0 bridgehead atoms. The maximum atomic E-state index is 13.0. The number of ether oxygens (including phenoxy) is 2. The molecule has 2 aromatic rings. The van der Waals surface area contributed by atoms with Gasteiger partial charge < -0.3 is 29.5 Å². The Bertz CT molecular complexity index is 1070. The molecule has 1 aromatic heterocycles. The summed E-state index contributed by atoms with van der Waals surface area (Å²) in [6.07, 6.45) is -1.38. The number of esters is 1. The molecule has 5 atom stereocenters. The summed E-state index contributed by atoms with van der Waals surface area (Å²) in [5.74, 6) is -4.16. The lowest BCUT2D eigenvalue weighted by molar-refractivity contribution is -0.153. The summed E-state index contributed by atoms with van der Waals surface area (Å²) in [6, 6.07) is 4.23. The van der Waals surface area contributed by atoms with Gasteiger partial charge >= 0.3 is 13.6 Å². The summed E-state index contributed by atoms with van der Waals surface area (Å²) in [7, 11) is -4.98. The van der Waals surface area contributed by atoms with Gasteiger partial charge in [-0.25, -0.2) is 9.78 Å². The van der Waals surface area contributed by atoms with Gasteiger partial charge in [0.1, 0.15) is 6.10 Å². The van der Waals surface area contributed by atoms with Crippen LogP contribution in [0, 0.1) is 5.92 Å². The third-order valence-electron chi connectivity index (χ3n) is 5.15. The van der Waals surface area contributed by atoms with Crippen molar-refractivity contribution in [1.82, 2.24) is 9.55 Å². The normalized spacial score (nSPS) is 25.0. The lowest BCUT2D eigenvalue weighted by Gasteiger charge is -2.21. The molecule has 170 valence electrons. The molecule has 1 aromatic carbocycles. The van der Waals surface area contributed by atoms with Gasteiger partial charge in [-0.05, 0) is 41.4 Å². The molecule has 31 heavy (non-hydrogen) atoms. The molecule has 0 aliphatic heterocycles. The van der Waals surface area contributed by atoms with Crippen molar-refractivity contribution in [2.24, 2.45) is 5.92 Å². The van der Waals surface area contributed by atoms with Crippen LogP contribution in [0.25, 0.3) is 10.9 Å². The molecule has 1 aliphatic carbocycles. The summed E-state index contributed by atoms with van der Waals surface area (Å²) in [5.41, 5.74) is 0.0392. The maximum Gasteiger partial charge on any atom is 0.365 e. The van der Waals surface area contributed by atoms with E-state index in [1.165, 1.54) is 17.8 Å². The monoisotopic (exact) mass is 520 g/mol. The van der Waals surface area contributed by atoms with E-state index in [-0.39, 0.29) is 13.0 Å². The van der Waals surface area contributed by atoms with E-state index < -0.39 is 55.7 Å². The van der Waals surface area contributed by atoms with Crippen molar-refractivity contribution in [3.05, 3.63) is 39.4 Å². The molecule has 0 amide bonds. The molecular weight excluding hydrogens is 499 g/mol. The van der Waals surface area contributed by atoms with E-state index in [1.807, 2.05) is 0 Å². The number of aromatic nitrogens is 2. The summed E-state index contributed by atoms with van der Waals surface area (Å²) in [6.45, 7) is 0.936. The first kappa shape index (κ1) is 24.0. The third-order valence-corrected chi connectivity index (χ3v) is 6.78. The Morgan fingerprint density at radius 3 is 2.71 bits per heavy atom. The van der Waals surface area contributed by atoms with E-state index in [0.29, 0.717) is 15.4 Å². The second-order valence-corrected chi connectivity index (χ2v) is 9.66.